The standard InChI is InChI=1S/C26H29NO2S.BrH/c1-3-29-25(28)26(23-14-19-30-24(23)22-12-8-5-9-13-22)15-17-27(18-16-26)20(2)21-10-6-4-7-11-21;/h4-14,19-20H,3,15-18H2,1-2H3;1H. The van der Waals surface area contributed by atoms with E-state index in [4.69, 9.17) is 4.74 Å². The van der Waals surface area contributed by atoms with Gasteiger partial charge in [-0.15, -0.1) is 28.3 Å². The van der Waals surface area contributed by atoms with Crippen molar-refractivity contribution in [2.75, 3.05) is 19.7 Å². The Morgan fingerprint density at radius 1 is 1.03 bits per heavy atom. The quantitative estimate of drug-likeness (QED) is 0.355. The molecule has 3 aromatic rings. The van der Waals surface area contributed by atoms with Crippen LogP contribution in [0.4, 0.5) is 0 Å². The molecule has 5 heteroatoms. The van der Waals surface area contributed by atoms with Crippen molar-refractivity contribution in [1.29, 1.82) is 0 Å². The normalized spacial score (nSPS) is 16.8. The number of halogens is 1. The number of carbonyl (C=O) groups is 1. The van der Waals surface area contributed by atoms with E-state index in [1.54, 1.807) is 11.3 Å². The predicted octanol–water partition coefficient (Wildman–Crippen LogP) is 6.65. The first kappa shape index (κ1) is 23.7. The van der Waals surface area contributed by atoms with Gasteiger partial charge in [0.25, 0.3) is 0 Å². The van der Waals surface area contributed by atoms with Gasteiger partial charge in [-0.1, -0.05) is 60.7 Å². The fourth-order valence-corrected chi connectivity index (χ4v) is 5.59. The molecule has 0 amide bonds. The second-order valence-corrected chi connectivity index (χ2v) is 8.87. The number of benzene rings is 2. The summed E-state index contributed by atoms with van der Waals surface area (Å²) in [5, 5.41) is 2.11. The fraction of sp³-hybridized carbons (Fsp3) is 0.346. The molecule has 0 bridgehead atoms. The summed E-state index contributed by atoms with van der Waals surface area (Å²) in [6.45, 7) is 6.31. The third kappa shape index (κ3) is 4.79. The molecule has 31 heavy (non-hydrogen) atoms. The highest BCUT2D eigenvalue weighted by Crippen LogP contribution is 2.45. The van der Waals surface area contributed by atoms with E-state index in [2.05, 4.69) is 77.9 Å². The summed E-state index contributed by atoms with van der Waals surface area (Å²) in [5.74, 6) is -0.0763. The lowest BCUT2D eigenvalue weighted by atomic mass is 9.72. The molecule has 0 spiro atoms. The van der Waals surface area contributed by atoms with Crippen molar-refractivity contribution in [3.63, 3.8) is 0 Å². The van der Waals surface area contributed by atoms with Crippen LogP contribution in [-0.4, -0.2) is 30.6 Å². The van der Waals surface area contributed by atoms with E-state index in [1.807, 2.05) is 13.0 Å². The van der Waals surface area contributed by atoms with Gasteiger partial charge in [0.2, 0.25) is 0 Å². The Bertz CT molecular complexity index is 965. The summed E-state index contributed by atoms with van der Waals surface area (Å²) in [4.78, 5) is 17.0. The van der Waals surface area contributed by atoms with E-state index in [0.717, 1.165) is 31.5 Å². The highest BCUT2D eigenvalue weighted by atomic mass is 79.9. The molecule has 4 rings (SSSR count). The summed E-state index contributed by atoms with van der Waals surface area (Å²) in [6, 6.07) is 23.5. The topological polar surface area (TPSA) is 29.5 Å². The lowest BCUT2D eigenvalue weighted by Crippen LogP contribution is -2.48. The molecule has 2 aromatic carbocycles. The van der Waals surface area contributed by atoms with Gasteiger partial charge in [-0.25, -0.2) is 0 Å². The lowest BCUT2D eigenvalue weighted by Gasteiger charge is -2.42. The highest BCUT2D eigenvalue weighted by Gasteiger charge is 2.46. The minimum Gasteiger partial charge on any atom is -0.465 e. The molecule has 1 saturated heterocycles. The van der Waals surface area contributed by atoms with Crippen molar-refractivity contribution < 1.29 is 9.53 Å². The van der Waals surface area contributed by atoms with Crippen LogP contribution >= 0.6 is 28.3 Å². The number of likely N-dealkylation sites (tertiary alicyclic amines) is 1. The van der Waals surface area contributed by atoms with Gasteiger partial charge in [-0.2, -0.15) is 0 Å². The molecule has 3 nitrogen and oxygen atoms in total. The van der Waals surface area contributed by atoms with Crippen LogP contribution in [0, 0.1) is 0 Å². The molecule has 1 unspecified atom stereocenters. The number of hydrogen-bond donors (Lipinski definition) is 0. The number of hydrogen-bond acceptors (Lipinski definition) is 4. The van der Waals surface area contributed by atoms with E-state index in [-0.39, 0.29) is 23.0 Å². The number of nitrogens with zero attached hydrogens (tertiary/aromatic N) is 1. The smallest absolute Gasteiger partial charge is 0.316 e. The molecule has 1 atom stereocenters. The zero-order valence-corrected chi connectivity index (χ0v) is 20.7. The molecular weight excluding hydrogens is 470 g/mol. The lowest BCUT2D eigenvalue weighted by molar-refractivity contribution is -0.152. The Morgan fingerprint density at radius 3 is 2.26 bits per heavy atom. The zero-order chi connectivity index (χ0) is 21.0. The molecule has 0 radical (unpaired) electrons. The van der Waals surface area contributed by atoms with Gasteiger partial charge in [0, 0.05) is 24.0 Å². The van der Waals surface area contributed by atoms with Crippen LogP contribution < -0.4 is 0 Å². The van der Waals surface area contributed by atoms with Crippen LogP contribution in [-0.2, 0) is 14.9 Å². The van der Waals surface area contributed by atoms with Crippen molar-refractivity contribution in [2.45, 2.75) is 38.1 Å². The SMILES string of the molecule is Br.CCOC(=O)C1(c2ccsc2-c2ccccc2)CCN(C(C)c2ccccc2)CC1. The first-order chi connectivity index (χ1) is 14.7. The maximum absolute atomic E-state index is 13.3. The van der Waals surface area contributed by atoms with Crippen LogP contribution in [0.25, 0.3) is 10.4 Å². The second-order valence-electron chi connectivity index (χ2n) is 7.95. The minimum absolute atomic E-state index is 0. The monoisotopic (exact) mass is 499 g/mol. The Balaban J connectivity index is 0.00000272. The van der Waals surface area contributed by atoms with Crippen molar-refractivity contribution in [3.8, 4) is 10.4 Å². The van der Waals surface area contributed by atoms with E-state index >= 15 is 0 Å². The van der Waals surface area contributed by atoms with Crippen LogP contribution in [0.5, 0.6) is 0 Å². The molecule has 1 aliphatic rings. The van der Waals surface area contributed by atoms with E-state index in [1.165, 1.54) is 16.0 Å². The number of piperidine rings is 1. The number of thiophene rings is 1. The second kappa shape index (κ2) is 10.6. The first-order valence-corrected chi connectivity index (χ1v) is 11.6. The summed E-state index contributed by atoms with van der Waals surface area (Å²) in [6.07, 6.45) is 1.55. The maximum atomic E-state index is 13.3. The first-order valence-electron chi connectivity index (χ1n) is 10.8. The van der Waals surface area contributed by atoms with Crippen LogP contribution in [0.3, 0.4) is 0 Å². The van der Waals surface area contributed by atoms with E-state index in [0.29, 0.717) is 12.6 Å². The largest absolute Gasteiger partial charge is 0.465 e. The van der Waals surface area contributed by atoms with Crippen LogP contribution in [0.2, 0.25) is 0 Å². The van der Waals surface area contributed by atoms with Gasteiger partial charge in [0.05, 0.1) is 12.0 Å². The minimum atomic E-state index is -0.575. The molecular formula is C26H30BrNO2S. The van der Waals surface area contributed by atoms with Crippen molar-refractivity contribution >= 4 is 34.3 Å². The summed E-state index contributed by atoms with van der Waals surface area (Å²) < 4.78 is 5.63. The predicted molar refractivity (Wildman–Crippen MR) is 134 cm³/mol. The molecule has 0 N–H and O–H groups in total. The number of esters is 1. The van der Waals surface area contributed by atoms with Gasteiger partial charge in [-0.3, -0.25) is 9.69 Å². The van der Waals surface area contributed by atoms with Crippen molar-refractivity contribution in [1.82, 2.24) is 4.90 Å². The third-order valence-corrected chi connectivity index (χ3v) is 7.33. The van der Waals surface area contributed by atoms with E-state index < -0.39 is 5.41 Å². The maximum Gasteiger partial charge on any atom is 0.316 e. The molecule has 1 fully saturated rings. The molecule has 0 aliphatic carbocycles. The van der Waals surface area contributed by atoms with Crippen LogP contribution in [0.15, 0.2) is 72.1 Å². The number of rotatable bonds is 6. The molecule has 1 aliphatic heterocycles. The average molecular weight is 501 g/mol. The number of ether oxygens (including phenoxy) is 1. The highest BCUT2D eigenvalue weighted by molar-refractivity contribution is 8.93. The molecule has 2 heterocycles. The summed E-state index contributed by atoms with van der Waals surface area (Å²) in [7, 11) is 0. The average Bonchev–Trinajstić information content (AvgIpc) is 3.30. The molecule has 164 valence electrons. The van der Waals surface area contributed by atoms with Crippen molar-refractivity contribution in [2.24, 2.45) is 0 Å². The van der Waals surface area contributed by atoms with Gasteiger partial charge in [0.1, 0.15) is 0 Å². The van der Waals surface area contributed by atoms with Gasteiger partial charge in [-0.05, 0) is 54.8 Å². The van der Waals surface area contributed by atoms with Gasteiger partial charge >= 0.3 is 5.97 Å². The van der Waals surface area contributed by atoms with Gasteiger partial charge < -0.3 is 4.74 Å². The fourth-order valence-electron chi connectivity index (χ4n) is 4.59. The molecule has 0 saturated carbocycles. The van der Waals surface area contributed by atoms with Crippen LogP contribution in [0.1, 0.15) is 43.9 Å². The van der Waals surface area contributed by atoms with E-state index in [9.17, 15) is 4.79 Å². The summed E-state index contributed by atoms with van der Waals surface area (Å²) in [5.41, 5.74) is 3.05. The number of carbonyl (C=O) groups excluding carboxylic acids is 1. The Hall–Kier alpha value is -1.95. The molecule has 1 aromatic heterocycles. The Morgan fingerprint density at radius 2 is 1.65 bits per heavy atom. The Kier molecular flexibility index (Phi) is 8.09. The summed E-state index contributed by atoms with van der Waals surface area (Å²) >= 11 is 1.71. The zero-order valence-electron chi connectivity index (χ0n) is 18.1. The van der Waals surface area contributed by atoms with Gasteiger partial charge in [0.15, 0.2) is 0 Å². The Labute approximate surface area is 199 Å². The van der Waals surface area contributed by atoms with Crippen molar-refractivity contribution in [3.05, 3.63) is 83.2 Å². The third-order valence-electron chi connectivity index (χ3n) is 6.36.